The van der Waals surface area contributed by atoms with Crippen LogP contribution in [0.5, 0.6) is 5.75 Å². The van der Waals surface area contributed by atoms with Gasteiger partial charge in [0.05, 0.1) is 19.2 Å². The fourth-order valence-electron chi connectivity index (χ4n) is 2.52. The van der Waals surface area contributed by atoms with Crippen LogP contribution in [0.2, 0.25) is 0 Å². The predicted octanol–water partition coefficient (Wildman–Crippen LogP) is -0.286. The third-order valence-electron chi connectivity index (χ3n) is 3.60. The summed E-state index contributed by atoms with van der Waals surface area (Å²) >= 11 is 0. The van der Waals surface area contributed by atoms with Crippen molar-refractivity contribution in [1.29, 1.82) is 0 Å². The fraction of sp³-hybridized carbons (Fsp3) is 0.429. The smallest absolute Gasteiger partial charge is 0.239 e. The van der Waals surface area contributed by atoms with Crippen molar-refractivity contribution in [2.45, 2.75) is 18.5 Å². The Hall–Kier alpha value is -2.08. The second kappa shape index (κ2) is 5.50. The number of benzene rings is 1. The third kappa shape index (κ3) is 2.60. The predicted molar refractivity (Wildman–Crippen MR) is 72.2 cm³/mol. The number of nitrogens with one attached hydrogen (secondary N) is 3. The highest BCUT2D eigenvalue weighted by molar-refractivity contribution is 5.87. The second-order valence-corrected chi connectivity index (χ2v) is 4.97. The minimum absolute atomic E-state index is 0.0353. The van der Waals surface area contributed by atoms with Crippen LogP contribution in [0, 0.1) is 0 Å². The fourth-order valence-corrected chi connectivity index (χ4v) is 2.52. The first-order valence-corrected chi connectivity index (χ1v) is 6.76. The van der Waals surface area contributed by atoms with E-state index in [1.165, 1.54) is 0 Å². The van der Waals surface area contributed by atoms with Gasteiger partial charge in [-0.1, -0.05) is 18.2 Å². The highest BCUT2D eigenvalue weighted by Gasteiger charge is 2.28. The lowest BCUT2D eigenvalue weighted by Gasteiger charge is -2.29. The van der Waals surface area contributed by atoms with Crippen LogP contribution in [0.25, 0.3) is 0 Å². The van der Waals surface area contributed by atoms with E-state index in [0.29, 0.717) is 13.2 Å². The molecule has 1 aromatic rings. The van der Waals surface area contributed by atoms with Crippen molar-refractivity contribution < 1.29 is 14.3 Å². The number of hydrogen-bond donors (Lipinski definition) is 3. The van der Waals surface area contributed by atoms with Gasteiger partial charge < -0.3 is 15.4 Å². The van der Waals surface area contributed by atoms with Crippen LogP contribution in [-0.4, -0.2) is 37.6 Å². The van der Waals surface area contributed by atoms with Gasteiger partial charge in [0.2, 0.25) is 11.8 Å². The van der Waals surface area contributed by atoms with E-state index in [2.05, 4.69) is 16.0 Å². The van der Waals surface area contributed by atoms with Gasteiger partial charge in [-0.2, -0.15) is 0 Å². The third-order valence-corrected chi connectivity index (χ3v) is 3.60. The standard InChI is InChI=1S/C14H17N3O3/c18-13-8-15-11(7-16-13)14(19)17-10-5-6-20-12-4-2-1-3-9(10)12/h1-4,10-11,15H,5-8H2,(H,16,18)(H,17,19). The van der Waals surface area contributed by atoms with Crippen LogP contribution in [-0.2, 0) is 9.59 Å². The first-order chi connectivity index (χ1) is 9.74. The van der Waals surface area contributed by atoms with E-state index in [1.54, 1.807) is 0 Å². The molecule has 106 valence electrons. The van der Waals surface area contributed by atoms with E-state index in [1.807, 2.05) is 24.3 Å². The summed E-state index contributed by atoms with van der Waals surface area (Å²) in [5, 5.41) is 8.64. The van der Waals surface area contributed by atoms with E-state index < -0.39 is 0 Å². The Morgan fingerprint density at radius 3 is 3.00 bits per heavy atom. The van der Waals surface area contributed by atoms with Crippen LogP contribution in [0.15, 0.2) is 24.3 Å². The summed E-state index contributed by atoms with van der Waals surface area (Å²) in [7, 11) is 0. The number of piperazine rings is 1. The van der Waals surface area contributed by atoms with Crippen molar-refractivity contribution in [1.82, 2.24) is 16.0 Å². The van der Waals surface area contributed by atoms with Gasteiger partial charge in [0.25, 0.3) is 0 Å². The minimum Gasteiger partial charge on any atom is -0.493 e. The summed E-state index contributed by atoms with van der Waals surface area (Å²) in [5.74, 6) is 0.658. The zero-order valence-electron chi connectivity index (χ0n) is 11.0. The molecule has 0 bridgehead atoms. The van der Waals surface area contributed by atoms with E-state index in [-0.39, 0.29) is 30.4 Å². The normalized spacial score (nSPS) is 25.1. The number of rotatable bonds is 2. The molecule has 2 unspecified atom stereocenters. The van der Waals surface area contributed by atoms with Gasteiger partial charge >= 0.3 is 0 Å². The Morgan fingerprint density at radius 1 is 1.35 bits per heavy atom. The molecule has 6 nitrogen and oxygen atoms in total. The molecule has 2 amide bonds. The topological polar surface area (TPSA) is 79.5 Å². The lowest BCUT2D eigenvalue weighted by molar-refractivity contribution is -0.127. The van der Waals surface area contributed by atoms with Gasteiger partial charge in [-0.05, 0) is 6.07 Å². The Kier molecular flexibility index (Phi) is 3.56. The molecule has 1 aromatic carbocycles. The molecule has 0 radical (unpaired) electrons. The van der Waals surface area contributed by atoms with Crippen molar-refractivity contribution in [3.05, 3.63) is 29.8 Å². The van der Waals surface area contributed by atoms with Crippen molar-refractivity contribution in [2.24, 2.45) is 0 Å². The quantitative estimate of drug-likeness (QED) is 0.693. The molecule has 0 saturated carbocycles. The molecule has 0 aliphatic carbocycles. The van der Waals surface area contributed by atoms with Crippen LogP contribution >= 0.6 is 0 Å². The zero-order valence-corrected chi connectivity index (χ0v) is 11.0. The highest BCUT2D eigenvalue weighted by atomic mass is 16.5. The number of para-hydroxylation sites is 1. The SMILES string of the molecule is O=C1CNC(C(=O)NC2CCOc3ccccc32)CN1. The molecule has 0 aromatic heterocycles. The Bertz CT molecular complexity index is 522. The molecule has 2 atom stereocenters. The molecule has 20 heavy (non-hydrogen) atoms. The molecule has 0 spiro atoms. The molecular formula is C14H17N3O3. The van der Waals surface area contributed by atoms with Gasteiger partial charge in [0.1, 0.15) is 11.8 Å². The van der Waals surface area contributed by atoms with Crippen LogP contribution < -0.4 is 20.7 Å². The summed E-state index contributed by atoms with van der Waals surface area (Å²) in [6, 6.07) is 7.32. The monoisotopic (exact) mass is 275 g/mol. The Morgan fingerprint density at radius 2 is 2.20 bits per heavy atom. The molecule has 2 heterocycles. The number of carbonyl (C=O) groups is 2. The number of hydrogen-bond acceptors (Lipinski definition) is 4. The average Bonchev–Trinajstić information content (AvgIpc) is 2.48. The summed E-state index contributed by atoms with van der Waals surface area (Å²) in [4.78, 5) is 23.3. The van der Waals surface area contributed by atoms with Crippen LogP contribution in [0.3, 0.4) is 0 Å². The van der Waals surface area contributed by atoms with Crippen LogP contribution in [0.4, 0.5) is 0 Å². The molecule has 1 saturated heterocycles. The largest absolute Gasteiger partial charge is 0.493 e. The molecule has 1 fully saturated rings. The van der Waals surface area contributed by atoms with Gasteiger partial charge in [0.15, 0.2) is 0 Å². The van der Waals surface area contributed by atoms with E-state index >= 15 is 0 Å². The van der Waals surface area contributed by atoms with E-state index in [9.17, 15) is 9.59 Å². The number of ether oxygens (including phenoxy) is 1. The van der Waals surface area contributed by atoms with Crippen LogP contribution in [0.1, 0.15) is 18.0 Å². The van der Waals surface area contributed by atoms with Gasteiger partial charge in [0, 0.05) is 18.5 Å². The molecule has 6 heteroatoms. The Labute approximate surface area is 116 Å². The van der Waals surface area contributed by atoms with Gasteiger partial charge in [-0.3, -0.25) is 14.9 Å². The molecule has 3 N–H and O–H groups in total. The van der Waals surface area contributed by atoms with Gasteiger partial charge in [-0.15, -0.1) is 0 Å². The molecule has 2 aliphatic rings. The van der Waals surface area contributed by atoms with Crippen molar-refractivity contribution in [3.63, 3.8) is 0 Å². The summed E-state index contributed by atoms with van der Waals surface area (Å²) in [6.07, 6.45) is 0.752. The highest BCUT2D eigenvalue weighted by Crippen LogP contribution is 2.31. The first-order valence-electron chi connectivity index (χ1n) is 6.76. The molecule has 3 rings (SSSR count). The molecular weight excluding hydrogens is 258 g/mol. The summed E-state index contributed by atoms with van der Waals surface area (Å²) in [5.41, 5.74) is 1.01. The minimum atomic E-state index is -0.372. The van der Waals surface area contributed by atoms with Crippen molar-refractivity contribution >= 4 is 11.8 Å². The molecule has 2 aliphatic heterocycles. The lowest BCUT2D eigenvalue weighted by Crippen LogP contribution is -2.58. The maximum absolute atomic E-state index is 12.2. The average molecular weight is 275 g/mol. The second-order valence-electron chi connectivity index (χ2n) is 4.97. The lowest BCUT2D eigenvalue weighted by atomic mass is 10.00. The number of amides is 2. The van der Waals surface area contributed by atoms with E-state index in [0.717, 1.165) is 17.7 Å². The van der Waals surface area contributed by atoms with Gasteiger partial charge in [-0.25, -0.2) is 0 Å². The number of fused-ring (bicyclic) bond motifs is 1. The number of carbonyl (C=O) groups excluding carboxylic acids is 2. The van der Waals surface area contributed by atoms with E-state index in [4.69, 9.17) is 4.74 Å². The summed E-state index contributed by atoms with van der Waals surface area (Å²) in [6.45, 7) is 1.11. The maximum Gasteiger partial charge on any atom is 0.239 e. The van der Waals surface area contributed by atoms with Crippen molar-refractivity contribution in [2.75, 3.05) is 19.7 Å². The summed E-state index contributed by atoms with van der Waals surface area (Å²) < 4.78 is 5.57. The maximum atomic E-state index is 12.2. The van der Waals surface area contributed by atoms with Crippen molar-refractivity contribution in [3.8, 4) is 5.75 Å². The Balaban J connectivity index is 1.66. The first kappa shape index (κ1) is 12.9. The zero-order chi connectivity index (χ0) is 13.9.